The minimum absolute atomic E-state index is 0.994. The van der Waals surface area contributed by atoms with E-state index >= 15 is 0 Å². The Hall–Kier alpha value is -1.57. The van der Waals surface area contributed by atoms with E-state index in [0.29, 0.717) is 0 Å². The van der Waals surface area contributed by atoms with Crippen LogP contribution in [0, 0.1) is 0 Å². The van der Waals surface area contributed by atoms with Crippen molar-refractivity contribution in [2.24, 2.45) is 0 Å². The maximum atomic E-state index is 2.51. The van der Waals surface area contributed by atoms with E-state index in [1.165, 1.54) is 133 Å². The molecule has 2 aromatic rings. The van der Waals surface area contributed by atoms with E-state index in [-0.39, 0.29) is 0 Å². The predicted molar refractivity (Wildman–Crippen MR) is 148 cm³/mol. The number of unbranched alkanes of at least 4 members (excludes halogenated alkanes) is 16. The van der Waals surface area contributed by atoms with Crippen LogP contribution in [0.25, 0.3) is 0 Å². The van der Waals surface area contributed by atoms with Gasteiger partial charge in [-0.25, -0.2) is 9.13 Å². The number of benzene rings is 1. The van der Waals surface area contributed by atoms with E-state index in [9.17, 15) is 0 Å². The molecular formula is C32H55N2+. The molecule has 2 rings (SSSR count). The maximum absolute atomic E-state index is 2.51. The summed E-state index contributed by atoms with van der Waals surface area (Å²) in [6.45, 7) is 6.74. The van der Waals surface area contributed by atoms with Gasteiger partial charge in [-0.3, -0.25) is 0 Å². The van der Waals surface area contributed by atoms with Gasteiger partial charge in [-0.1, -0.05) is 147 Å². The molecule has 1 aromatic carbocycles. The topological polar surface area (TPSA) is 8.81 Å². The zero-order chi connectivity index (χ0) is 24.1. The normalized spacial score (nSPS) is 11.4. The molecule has 0 bridgehead atoms. The van der Waals surface area contributed by atoms with Gasteiger partial charge in [0.15, 0.2) is 0 Å². The number of aromatic nitrogens is 2. The molecule has 2 heteroatoms. The molecular weight excluding hydrogens is 412 g/mol. The summed E-state index contributed by atoms with van der Waals surface area (Å²) in [6.07, 6.45) is 31.3. The van der Waals surface area contributed by atoms with Crippen LogP contribution in [0.5, 0.6) is 0 Å². The fourth-order valence-electron chi connectivity index (χ4n) is 5.07. The average Bonchev–Trinajstić information content (AvgIpc) is 3.24. The Morgan fingerprint density at radius 1 is 0.588 bits per heavy atom. The van der Waals surface area contributed by atoms with Crippen molar-refractivity contribution in [1.82, 2.24) is 4.57 Å². The van der Waals surface area contributed by atoms with Crippen molar-refractivity contribution < 1.29 is 4.57 Å². The van der Waals surface area contributed by atoms with E-state index in [1.54, 1.807) is 0 Å². The van der Waals surface area contributed by atoms with Crippen LogP contribution in [0.2, 0.25) is 0 Å². The van der Waals surface area contributed by atoms with Gasteiger partial charge in [0.25, 0.3) is 5.82 Å². The molecule has 0 aliphatic carbocycles. The maximum Gasteiger partial charge on any atom is 0.256 e. The Labute approximate surface area is 212 Å². The van der Waals surface area contributed by atoms with Crippen LogP contribution in [0.4, 0.5) is 0 Å². The first-order chi connectivity index (χ1) is 16.8. The lowest BCUT2D eigenvalue weighted by atomic mass is 10.0. The van der Waals surface area contributed by atoms with Crippen molar-refractivity contribution in [3.63, 3.8) is 0 Å². The first kappa shape index (κ1) is 28.7. The predicted octanol–water partition coefficient (Wildman–Crippen LogP) is 9.43. The van der Waals surface area contributed by atoms with E-state index in [4.69, 9.17) is 0 Å². The summed E-state index contributed by atoms with van der Waals surface area (Å²) in [5, 5.41) is 0. The fourth-order valence-corrected chi connectivity index (χ4v) is 5.07. The highest BCUT2D eigenvalue weighted by atomic mass is 15.1. The molecule has 0 radical (unpaired) electrons. The second kappa shape index (κ2) is 19.7. The van der Waals surface area contributed by atoms with E-state index in [2.05, 4.69) is 65.7 Å². The monoisotopic (exact) mass is 467 g/mol. The van der Waals surface area contributed by atoms with Gasteiger partial charge in [0.2, 0.25) is 0 Å². The van der Waals surface area contributed by atoms with E-state index in [0.717, 1.165) is 13.1 Å². The second-order valence-electron chi connectivity index (χ2n) is 10.4. The smallest absolute Gasteiger partial charge is 0.234 e. The molecule has 34 heavy (non-hydrogen) atoms. The third-order valence-electron chi connectivity index (χ3n) is 7.29. The Kier molecular flexibility index (Phi) is 16.6. The lowest BCUT2D eigenvalue weighted by Crippen LogP contribution is -2.37. The van der Waals surface area contributed by atoms with E-state index in [1.807, 2.05) is 0 Å². The Morgan fingerprint density at radius 3 is 1.62 bits per heavy atom. The summed E-state index contributed by atoms with van der Waals surface area (Å²) in [5.41, 5.74) is 1.40. The lowest BCUT2D eigenvalue weighted by molar-refractivity contribution is -0.695. The Bertz CT molecular complexity index is 703. The fraction of sp³-hybridized carbons (Fsp3) is 0.719. The number of rotatable bonds is 22. The van der Waals surface area contributed by atoms with Gasteiger partial charge in [-0.05, 0) is 18.4 Å². The third-order valence-corrected chi connectivity index (χ3v) is 7.29. The van der Waals surface area contributed by atoms with Gasteiger partial charge in [0, 0.05) is 6.42 Å². The van der Waals surface area contributed by atoms with Crippen molar-refractivity contribution in [1.29, 1.82) is 0 Å². The summed E-state index contributed by atoms with van der Waals surface area (Å²) in [4.78, 5) is 0. The standard InChI is InChI=1S/C32H55N2/c1-3-5-7-8-9-10-11-12-13-14-15-16-17-18-19-23-26-32-33(27-6-4-2)28-29-34(32)30-31-24-21-20-22-25-31/h20-22,24-25,28-29H,3-19,23,26-27,30H2,1-2H3/q+1. The molecule has 1 aromatic heterocycles. The molecule has 0 spiro atoms. The minimum Gasteiger partial charge on any atom is -0.234 e. The van der Waals surface area contributed by atoms with Crippen molar-refractivity contribution >= 4 is 0 Å². The molecule has 2 nitrogen and oxygen atoms in total. The number of hydrogen-bond donors (Lipinski definition) is 0. The Morgan fingerprint density at radius 2 is 1.09 bits per heavy atom. The quantitative estimate of drug-likeness (QED) is 0.120. The SMILES string of the molecule is CCCCCCCCCCCCCCCCCCc1n(CCCC)cc[n+]1Cc1ccccc1. The molecule has 192 valence electrons. The summed E-state index contributed by atoms with van der Waals surface area (Å²) < 4.78 is 4.99. The largest absolute Gasteiger partial charge is 0.256 e. The van der Waals surface area contributed by atoms with Crippen LogP contribution in [-0.2, 0) is 19.5 Å². The average molecular weight is 468 g/mol. The molecule has 0 aliphatic rings. The van der Waals surface area contributed by atoms with Crippen LogP contribution < -0.4 is 4.57 Å². The molecule has 0 saturated heterocycles. The van der Waals surface area contributed by atoms with Crippen molar-refractivity contribution in [3.8, 4) is 0 Å². The van der Waals surface area contributed by atoms with Crippen LogP contribution in [0.3, 0.4) is 0 Å². The van der Waals surface area contributed by atoms with E-state index < -0.39 is 0 Å². The molecule has 0 unspecified atom stereocenters. The third kappa shape index (κ3) is 12.8. The van der Waals surface area contributed by atoms with Gasteiger partial charge in [0.1, 0.15) is 18.9 Å². The zero-order valence-electron chi connectivity index (χ0n) is 22.8. The molecule has 0 aliphatic heterocycles. The number of imidazole rings is 1. The van der Waals surface area contributed by atoms with Gasteiger partial charge >= 0.3 is 0 Å². The van der Waals surface area contributed by atoms with Gasteiger partial charge in [0.05, 0.1) is 6.54 Å². The molecule has 0 saturated carbocycles. The first-order valence-corrected chi connectivity index (χ1v) is 15.0. The summed E-state index contributed by atoms with van der Waals surface area (Å²) in [7, 11) is 0. The Balaban J connectivity index is 1.53. The number of hydrogen-bond acceptors (Lipinski definition) is 0. The van der Waals surface area contributed by atoms with Crippen LogP contribution in [0.15, 0.2) is 42.7 Å². The number of aryl methyl sites for hydroxylation is 1. The molecule has 0 amide bonds. The summed E-state index contributed by atoms with van der Waals surface area (Å²) >= 11 is 0. The second-order valence-corrected chi connectivity index (χ2v) is 10.4. The van der Waals surface area contributed by atoms with Crippen molar-refractivity contribution in [2.75, 3.05) is 0 Å². The zero-order valence-corrected chi connectivity index (χ0v) is 22.8. The summed E-state index contributed by atoms with van der Waals surface area (Å²) in [6, 6.07) is 10.9. The van der Waals surface area contributed by atoms with Gasteiger partial charge in [-0.15, -0.1) is 0 Å². The van der Waals surface area contributed by atoms with Gasteiger partial charge < -0.3 is 0 Å². The highest BCUT2D eigenvalue weighted by molar-refractivity contribution is 5.13. The molecule has 0 atom stereocenters. The van der Waals surface area contributed by atoms with Crippen molar-refractivity contribution in [3.05, 3.63) is 54.1 Å². The summed E-state index contributed by atoms with van der Waals surface area (Å²) in [5.74, 6) is 1.52. The molecule has 0 N–H and O–H groups in total. The van der Waals surface area contributed by atoms with Gasteiger partial charge in [-0.2, -0.15) is 0 Å². The highest BCUT2D eigenvalue weighted by Gasteiger charge is 2.16. The van der Waals surface area contributed by atoms with Crippen molar-refractivity contribution in [2.45, 2.75) is 149 Å². The van der Waals surface area contributed by atoms with Crippen LogP contribution in [0.1, 0.15) is 141 Å². The lowest BCUT2D eigenvalue weighted by Gasteiger charge is -2.06. The van der Waals surface area contributed by atoms with Crippen LogP contribution >= 0.6 is 0 Å². The molecule has 0 fully saturated rings. The number of nitrogens with zero attached hydrogens (tertiary/aromatic N) is 2. The highest BCUT2D eigenvalue weighted by Crippen LogP contribution is 2.14. The minimum atomic E-state index is 0.994. The molecule has 1 heterocycles. The van der Waals surface area contributed by atoms with Crippen LogP contribution in [-0.4, -0.2) is 4.57 Å². The first-order valence-electron chi connectivity index (χ1n) is 15.0.